The average molecular weight is 288 g/mol. The summed E-state index contributed by atoms with van der Waals surface area (Å²) in [6, 6.07) is 7.89. The van der Waals surface area contributed by atoms with Crippen LogP contribution in [0.5, 0.6) is 0 Å². The molecular formula is C16H17FN2O2. The van der Waals surface area contributed by atoms with E-state index in [9.17, 15) is 14.3 Å². The van der Waals surface area contributed by atoms with Crippen LogP contribution in [-0.2, 0) is 0 Å². The summed E-state index contributed by atoms with van der Waals surface area (Å²) in [5.74, 6) is -1.36. The molecule has 1 heterocycles. The fourth-order valence-corrected chi connectivity index (χ4v) is 2.23. The summed E-state index contributed by atoms with van der Waals surface area (Å²) >= 11 is 0. The summed E-state index contributed by atoms with van der Waals surface area (Å²) in [6.45, 7) is 3.62. The van der Waals surface area contributed by atoms with E-state index in [2.05, 4.69) is 4.98 Å². The first kappa shape index (κ1) is 15.0. The number of hydrogen-bond acceptors (Lipinski definition) is 3. The second kappa shape index (κ2) is 5.91. The SMILES string of the molecule is Cc1cc(N(C)C(C)c2ccccc2F)c(C(=O)O)cn1. The van der Waals surface area contributed by atoms with Gasteiger partial charge in [-0.15, -0.1) is 0 Å². The third kappa shape index (κ3) is 3.02. The van der Waals surface area contributed by atoms with Crippen LogP contribution in [0.1, 0.15) is 34.6 Å². The summed E-state index contributed by atoms with van der Waals surface area (Å²) in [5.41, 5.74) is 1.85. The Morgan fingerprint density at radius 3 is 2.67 bits per heavy atom. The van der Waals surface area contributed by atoms with Gasteiger partial charge < -0.3 is 10.0 Å². The predicted octanol–water partition coefficient (Wildman–Crippen LogP) is 3.42. The van der Waals surface area contributed by atoms with E-state index in [4.69, 9.17) is 0 Å². The third-order valence-corrected chi connectivity index (χ3v) is 3.57. The lowest BCUT2D eigenvalue weighted by Crippen LogP contribution is -2.24. The predicted molar refractivity (Wildman–Crippen MR) is 79.2 cm³/mol. The highest BCUT2D eigenvalue weighted by atomic mass is 19.1. The van der Waals surface area contributed by atoms with Crippen LogP contribution < -0.4 is 4.90 Å². The lowest BCUT2D eigenvalue weighted by Gasteiger charge is -2.29. The topological polar surface area (TPSA) is 53.4 Å². The molecule has 0 aliphatic carbocycles. The van der Waals surface area contributed by atoms with Crippen molar-refractivity contribution in [1.82, 2.24) is 4.98 Å². The van der Waals surface area contributed by atoms with E-state index in [0.717, 1.165) is 0 Å². The van der Waals surface area contributed by atoms with Crippen LogP contribution in [0.2, 0.25) is 0 Å². The number of carboxylic acid groups (broad SMARTS) is 1. The van der Waals surface area contributed by atoms with Gasteiger partial charge in [-0.2, -0.15) is 0 Å². The minimum Gasteiger partial charge on any atom is -0.478 e. The molecule has 0 saturated carbocycles. The zero-order valence-electron chi connectivity index (χ0n) is 12.2. The second-order valence-electron chi connectivity index (χ2n) is 4.96. The van der Waals surface area contributed by atoms with Crippen LogP contribution in [-0.4, -0.2) is 23.1 Å². The van der Waals surface area contributed by atoms with Gasteiger partial charge in [-0.05, 0) is 26.0 Å². The zero-order chi connectivity index (χ0) is 15.6. The molecular weight excluding hydrogens is 271 g/mol. The molecule has 0 aliphatic rings. The summed E-state index contributed by atoms with van der Waals surface area (Å²) in [4.78, 5) is 17.1. The lowest BCUT2D eigenvalue weighted by molar-refractivity contribution is 0.0697. The molecule has 0 saturated heterocycles. The summed E-state index contributed by atoms with van der Waals surface area (Å²) in [7, 11) is 1.75. The first-order chi connectivity index (χ1) is 9.91. The van der Waals surface area contributed by atoms with Crippen molar-refractivity contribution in [2.75, 3.05) is 11.9 Å². The molecule has 1 unspecified atom stereocenters. The maximum atomic E-state index is 13.9. The number of aromatic carboxylic acids is 1. The highest BCUT2D eigenvalue weighted by Gasteiger charge is 2.21. The standard InChI is InChI=1S/C16H17FN2O2/c1-10-8-15(13(9-18-10)16(20)21)19(3)11(2)12-6-4-5-7-14(12)17/h4-9,11H,1-3H3,(H,20,21). The second-order valence-corrected chi connectivity index (χ2v) is 4.96. The van der Waals surface area contributed by atoms with Gasteiger partial charge in [0, 0.05) is 24.5 Å². The fourth-order valence-electron chi connectivity index (χ4n) is 2.23. The van der Waals surface area contributed by atoms with Gasteiger partial charge in [-0.1, -0.05) is 18.2 Å². The van der Waals surface area contributed by atoms with Crippen molar-refractivity contribution in [3.63, 3.8) is 0 Å². The number of aromatic nitrogens is 1. The Bertz CT molecular complexity index is 673. The van der Waals surface area contributed by atoms with E-state index < -0.39 is 5.97 Å². The molecule has 2 rings (SSSR count). The van der Waals surface area contributed by atoms with Gasteiger partial charge in [0.05, 0.1) is 11.7 Å². The van der Waals surface area contributed by atoms with E-state index in [1.807, 2.05) is 6.92 Å². The molecule has 4 nitrogen and oxygen atoms in total. The number of anilines is 1. The normalized spacial score (nSPS) is 12.0. The van der Waals surface area contributed by atoms with Gasteiger partial charge in [0.1, 0.15) is 11.4 Å². The first-order valence-electron chi connectivity index (χ1n) is 6.59. The molecule has 0 bridgehead atoms. The number of hydrogen-bond donors (Lipinski definition) is 1. The summed E-state index contributed by atoms with van der Waals surface area (Å²) in [5, 5.41) is 9.27. The van der Waals surface area contributed by atoms with Gasteiger partial charge in [0.2, 0.25) is 0 Å². The molecule has 110 valence electrons. The third-order valence-electron chi connectivity index (χ3n) is 3.57. The number of carbonyl (C=O) groups is 1. The Balaban J connectivity index is 2.44. The number of benzene rings is 1. The average Bonchev–Trinajstić information content (AvgIpc) is 2.45. The van der Waals surface area contributed by atoms with Gasteiger partial charge in [0.15, 0.2) is 0 Å². The molecule has 5 heteroatoms. The molecule has 0 aliphatic heterocycles. The van der Waals surface area contributed by atoms with Gasteiger partial charge >= 0.3 is 5.97 Å². The summed E-state index contributed by atoms with van der Waals surface area (Å²) < 4.78 is 13.9. The smallest absolute Gasteiger partial charge is 0.339 e. The van der Waals surface area contributed by atoms with E-state index in [0.29, 0.717) is 16.9 Å². The Labute approximate surface area is 122 Å². The molecule has 2 aromatic rings. The molecule has 0 spiro atoms. The largest absolute Gasteiger partial charge is 0.478 e. The van der Waals surface area contributed by atoms with E-state index in [-0.39, 0.29) is 17.4 Å². The number of rotatable bonds is 4. The molecule has 1 aromatic carbocycles. The van der Waals surface area contributed by atoms with Crippen LogP contribution in [0.3, 0.4) is 0 Å². The zero-order valence-corrected chi connectivity index (χ0v) is 12.2. The van der Waals surface area contributed by atoms with Gasteiger partial charge in [-0.25, -0.2) is 9.18 Å². The van der Waals surface area contributed by atoms with Crippen molar-refractivity contribution in [1.29, 1.82) is 0 Å². The highest BCUT2D eigenvalue weighted by molar-refractivity contribution is 5.94. The van der Waals surface area contributed by atoms with Gasteiger partial charge in [-0.3, -0.25) is 4.98 Å². The molecule has 0 fully saturated rings. The van der Waals surface area contributed by atoms with Crippen molar-refractivity contribution in [3.05, 3.63) is 59.2 Å². The number of carboxylic acids is 1. The molecule has 1 aromatic heterocycles. The maximum Gasteiger partial charge on any atom is 0.339 e. The molecule has 1 atom stereocenters. The number of aryl methyl sites for hydroxylation is 1. The van der Waals surface area contributed by atoms with E-state index >= 15 is 0 Å². The highest BCUT2D eigenvalue weighted by Crippen LogP contribution is 2.29. The minimum absolute atomic E-state index is 0.103. The van der Waals surface area contributed by atoms with Crippen molar-refractivity contribution in [2.45, 2.75) is 19.9 Å². The quantitative estimate of drug-likeness (QED) is 0.936. The monoisotopic (exact) mass is 288 g/mol. The van der Waals surface area contributed by atoms with Crippen LogP contribution in [0, 0.1) is 12.7 Å². The summed E-state index contributed by atoms with van der Waals surface area (Å²) in [6.07, 6.45) is 1.33. The van der Waals surface area contributed by atoms with E-state index in [1.165, 1.54) is 12.3 Å². The Morgan fingerprint density at radius 1 is 1.38 bits per heavy atom. The maximum absolute atomic E-state index is 13.9. The van der Waals surface area contributed by atoms with Crippen molar-refractivity contribution in [3.8, 4) is 0 Å². The van der Waals surface area contributed by atoms with Crippen LogP contribution in [0.25, 0.3) is 0 Å². The Morgan fingerprint density at radius 2 is 2.05 bits per heavy atom. The number of nitrogens with zero attached hydrogens (tertiary/aromatic N) is 2. The van der Waals surface area contributed by atoms with Crippen molar-refractivity contribution < 1.29 is 14.3 Å². The van der Waals surface area contributed by atoms with E-state index in [1.54, 1.807) is 43.1 Å². The molecule has 0 radical (unpaired) electrons. The van der Waals surface area contributed by atoms with Crippen LogP contribution in [0.15, 0.2) is 36.5 Å². The van der Waals surface area contributed by atoms with Crippen molar-refractivity contribution in [2.24, 2.45) is 0 Å². The Hall–Kier alpha value is -2.43. The number of halogens is 1. The molecule has 0 amide bonds. The lowest BCUT2D eigenvalue weighted by atomic mass is 10.0. The first-order valence-corrected chi connectivity index (χ1v) is 6.59. The molecule has 1 N–H and O–H groups in total. The van der Waals surface area contributed by atoms with Crippen LogP contribution >= 0.6 is 0 Å². The van der Waals surface area contributed by atoms with Crippen molar-refractivity contribution >= 4 is 11.7 Å². The fraction of sp³-hybridized carbons (Fsp3) is 0.250. The van der Waals surface area contributed by atoms with Gasteiger partial charge in [0.25, 0.3) is 0 Å². The molecule has 21 heavy (non-hydrogen) atoms. The minimum atomic E-state index is -1.05. The Kier molecular flexibility index (Phi) is 4.21. The number of pyridine rings is 1. The van der Waals surface area contributed by atoms with Crippen LogP contribution in [0.4, 0.5) is 10.1 Å².